The number of nitrogen functional groups attached to an aromatic ring is 1. The summed E-state index contributed by atoms with van der Waals surface area (Å²) >= 11 is 0. The number of benzene rings is 3. The Bertz CT molecular complexity index is 1050. The summed E-state index contributed by atoms with van der Waals surface area (Å²) < 4.78 is 0. The number of likely N-dealkylation sites (N-methyl/N-ethyl adjacent to an activating group) is 1. The van der Waals surface area contributed by atoms with Crippen molar-refractivity contribution < 1.29 is 14.4 Å². The number of rotatable bonds is 6. The highest BCUT2D eigenvalue weighted by atomic mass is 16.2. The van der Waals surface area contributed by atoms with Gasteiger partial charge < -0.3 is 21.7 Å². The van der Waals surface area contributed by atoms with E-state index in [4.69, 9.17) is 5.73 Å². The smallest absolute Gasteiger partial charge is 0.255 e. The van der Waals surface area contributed by atoms with Crippen LogP contribution in [0.1, 0.15) is 21.8 Å². The molecular formula is C23H22N4O3. The van der Waals surface area contributed by atoms with Crippen LogP contribution in [0.5, 0.6) is 0 Å². The van der Waals surface area contributed by atoms with Crippen molar-refractivity contribution in [3.8, 4) is 0 Å². The van der Waals surface area contributed by atoms with E-state index in [0.29, 0.717) is 28.2 Å². The Morgan fingerprint density at radius 1 is 0.767 bits per heavy atom. The second kappa shape index (κ2) is 9.38. The van der Waals surface area contributed by atoms with Crippen LogP contribution in [0.4, 0.5) is 17.1 Å². The minimum atomic E-state index is -1.06. The fraction of sp³-hybridized carbons (Fsp3) is 0.0870. The molecule has 3 rings (SSSR count). The normalized spacial score (nSPS) is 11.2. The number of nitrogens with one attached hydrogen (secondary N) is 3. The van der Waals surface area contributed by atoms with Crippen molar-refractivity contribution in [2.75, 3.05) is 23.4 Å². The van der Waals surface area contributed by atoms with Crippen molar-refractivity contribution in [3.63, 3.8) is 0 Å². The van der Waals surface area contributed by atoms with E-state index in [-0.39, 0.29) is 5.91 Å². The van der Waals surface area contributed by atoms with Crippen LogP contribution in [0.15, 0.2) is 78.9 Å². The first-order valence-electron chi connectivity index (χ1n) is 9.33. The maximum atomic E-state index is 12.7. The third kappa shape index (κ3) is 4.82. The van der Waals surface area contributed by atoms with Gasteiger partial charge in [-0.2, -0.15) is 0 Å². The molecule has 0 aliphatic rings. The lowest BCUT2D eigenvalue weighted by Gasteiger charge is -2.16. The zero-order valence-electron chi connectivity index (χ0n) is 16.4. The maximum absolute atomic E-state index is 12.7. The Labute approximate surface area is 174 Å². The lowest BCUT2D eigenvalue weighted by molar-refractivity contribution is -0.128. The molecule has 1 atom stereocenters. The molecule has 1 unspecified atom stereocenters. The van der Waals surface area contributed by atoms with Crippen LogP contribution in [0, 0.1) is 0 Å². The molecule has 0 saturated carbocycles. The number of nitrogens with two attached hydrogens (primary N) is 1. The molecule has 0 aliphatic carbocycles. The van der Waals surface area contributed by atoms with Crippen molar-refractivity contribution in [2.24, 2.45) is 0 Å². The highest BCUT2D eigenvalue weighted by Crippen LogP contribution is 2.21. The first-order valence-corrected chi connectivity index (χ1v) is 9.33. The molecule has 0 spiro atoms. The van der Waals surface area contributed by atoms with Crippen molar-refractivity contribution in [1.29, 1.82) is 0 Å². The Balaban J connectivity index is 1.78. The van der Waals surface area contributed by atoms with Crippen molar-refractivity contribution >= 4 is 34.8 Å². The van der Waals surface area contributed by atoms with E-state index >= 15 is 0 Å². The molecular weight excluding hydrogens is 380 g/mol. The van der Waals surface area contributed by atoms with Crippen molar-refractivity contribution in [1.82, 2.24) is 5.32 Å². The quantitative estimate of drug-likeness (QED) is 0.375. The highest BCUT2D eigenvalue weighted by Gasteiger charge is 2.28. The number of carbonyl (C=O) groups is 3. The van der Waals surface area contributed by atoms with Crippen LogP contribution in [-0.2, 0) is 9.59 Å². The largest absolute Gasteiger partial charge is 0.397 e. The number of para-hydroxylation sites is 3. The van der Waals surface area contributed by atoms with Gasteiger partial charge in [0.05, 0.1) is 11.4 Å². The van der Waals surface area contributed by atoms with Crippen molar-refractivity contribution in [2.45, 2.75) is 5.92 Å². The SMILES string of the molecule is CNC(=O)C(C(=O)Nc1ccccc1)c1ccc(C(=O)Nc2ccccc2N)cc1. The number of anilines is 3. The van der Waals surface area contributed by atoms with Gasteiger partial charge in [-0.05, 0) is 42.0 Å². The third-order valence-electron chi connectivity index (χ3n) is 4.53. The van der Waals surface area contributed by atoms with E-state index in [2.05, 4.69) is 16.0 Å². The van der Waals surface area contributed by atoms with E-state index in [0.717, 1.165) is 0 Å². The molecule has 152 valence electrons. The molecule has 3 aromatic rings. The monoisotopic (exact) mass is 402 g/mol. The molecule has 7 nitrogen and oxygen atoms in total. The molecule has 3 amide bonds. The van der Waals surface area contributed by atoms with Gasteiger partial charge in [0.15, 0.2) is 0 Å². The summed E-state index contributed by atoms with van der Waals surface area (Å²) in [6.45, 7) is 0. The van der Waals surface area contributed by atoms with E-state index in [1.54, 1.807) is 72.8 Å². The van der Waals surface area contributed by atoms with Gasteiger partial charge in [0.1, 0.15) is 5.92 Å². The molecule has 0 aliphatic heterocycles. The molecule has 0 aromatic heterocycles. The number of amides is 3. The van der Waals surface area contributed by atoms with Crippen LogP contribution in [-0.4, -0.2) is 24.8 Å². The first kappa shape index (κ1) is 20.6. The van der Waals surface area contributed by atoms with Crippen LogP contribution in [0.3, 0.4) is 0 Å². The fourth-order valence-corrected chi connectivity index (χ4v) is 2.93. The van der Waals surface area contributed by atoms with Gasteiger partial charge in [-0.25, -0.2) is 0 Å². The standard InChI is InChI=1S/C23H22N4O3/c1-25-22(29)20(23(30)26-17-7-3-2-4-8-17)15-11-13-16(14-12-15)21(28)27-19-10-6-5-9-18(19)24/h2-14,20H,24H2,1H3,(H,25,29)(H,26,30)(H,27,28). The average Bonchev–Trinajstić information content (AvgIpc) is 2.76. The number of carbonyl (C=O) groups excluding carboxylic acids is 3. The molecule has 0 fully saturated rings. The van der Waals surface area contributed by atoms with Crippen LogP contribution in [0.25, 0.3) is 0 Å². The summed E-state index contributed by atoms with van der Waals surface area (Å²) in [5.41, 5.74) is 8.26. The predicted molar refractivity (Wildman–Crippen MR) is 117 cm³/mol. The van der Waals surface area contributed by atoms with Crippen molar-refractivity contribution in [3.05, 3.63) is 90.0 Å². The Morgan fingerprint density at radius 3 is 2.03 bits per heavy atom. The first-order chi connectivity index (χ1) is 14.5. The Hall–Kier alpha value is -4.13. The summed E-state index contributed by atoms with van der Waals surface area (Å²) in [6.07, 6.45) is 0. The molecule has 7 heteroatoms. The van der Waals surface area contributed by atoms with Gasteiger partial charge in [0.2, 0.25) is 11.8 Å². The molecule has 0 saturated heterocycles. The summed E-state index contributed by atoms with van der Waals surface area (Å²) in [7, 11) is 1.47. The van der Waals surface area contributed by atoms with E-state index in [1.165, 1.54) is 7.05 Å². The molecule has 30 heavy (non-hydrogen) atoms. The second-order valence-corrected chi connectivity index (χ2v) is 6.57. The molecule has 0 radical (unpaired) electrons. The third-order valence-corrected chi connectivity index (χ3v) is 4.53. The van der Waals surface area contributed by atoms with Crippen LogP contribution >= 0.6 is 0 Å². The van der Waals surface area contributed by atoms with Gasteiger partial charge in [-0.15, -0.1) is 0 Å². The molecule has 5 N–H and O–H groups in total. The van der Waals surface area contributed by atoms with Gasteiger partial charge >= 0.3 is 0 Å². The van der Waals surface area contributed by atoms with Crippen LogP contribution in [0.2, 0.25) is 0 Å². The van der Waals surface area contributed by atoms with Gasteiger partial charge in [0, 0.05) is 18.3 Å². The lowest BCUT2D eigenvalue weighted by Crippen LogP contribution is -2.34. The van der Waals surface area contributed by atoms with Gasteiger partial charge in [-0.1, -0.05) is 42.5 Å². The number of hydrogen-bond acceptors (Lipinski definition) is 4. The summed E-state index contributed by atoms with van der Waals surface area (Å²) in [5.74, 6) is -2.31. The van der Waals surface area contributed by atoms with Crippen LogP contribution < -0.4 is 21.7 Å². The predicted octanol–water partition coefficient (Wildman–Crippen LogP) is 2.99. The Morgan fingerprint density at radius 2 is 1.40 bits per heavy atom. The zero-order valence-corrected chi connectivity index (χ0v) is 16.4. The number of hydrogen-bond donors (Lipinski definition) is 4. The lowest BCUT2D eigenvalue weighted by atomic mass is 9.95. The molecule has 0 heterocycles. The molecule has 0 bridgehead atoms. The Kier molecular flexibility index (Phi) is 6.44. The van der Waals surface area contributed by atoms with E-state index in [9.17, 15) is 14.4 Å². The second-order valence-electron chi connectivity index (χ2n) is 6.57. The van der Waals surface area contributed by atoms with Gasteiger partial charge in [0.25, 0.3) is 5.91 Å². The minimum Gasteiger partial charge on any atom is -0.397 e. The van der Waals surface area contributed by atoms with Gasteiger partial charge in [-0.3, -0.25) is 14.4 Å². The highest BCUT2D eigenvalue weighted by molar-refractivity contribution is 6.11. The van der Waals surface area contributed by atoms with E-state index < -0.39 is 17.7 Å². The summed E-state index contributed by atoms with van der Waals surface area (Å²) in [5, 5.41) is 7.99. The van der Waals surface area contributed by atoms with E-state index in [1.807, 2.05) is 6.07 Å². The average molecular weight is 402 g/mol. The summed E-state index contributed by atoms with van der Waals surface area (Å²) in [4.78, 5) is 37.6. The summed E-state index contributed by atoms with van der Waals surface area (Å²) in [6, 6.07) is 22.1. The fourth-order valence-electron chi connectivity index (χ4n) is 2.93. The molecule has 3 aromatic carbocycles. The maximum Gasteiger partial charge on any atom is 0.255 e. The minimum absolute atomic E-state index is 0.343. The zero-order chi connectivity index (χ0) is 21.5. The topological polar surface area (TPSA) is 113 Å².